The van der Waals surface area contributed by atoms with Gasteiger partial charge in [-0.15, -0.1) is 0 Å². The Morgan fingerprint density at radius 2 is 1.95 bits per heavy atom. The minimum atomic E-state index is -0.580. The van der Waals surface area contributed by atoms with E-state index < -0.39 is 5.41 Å². The van der Waals surface area contributed by atoms with Gasteiger partial charge in [0.05, 0.1) is 17.6 Å². The Kier molecular flexibility index (Phi) is 3.56. The maximum atomic E-state index is 12.1. The van der Waals surface area contributed by atoms with Crippen LogP contribution in [0.15, 0.2) is 12.3 Å². The Bertz CT molecular complexity index is 600. The van der Waals surface area contributed by atoms with Crippen LogP contribution in [0.4, 0.5) is 5.69 Å². The molecule has 0 amide bonds. The van der Waals surface area contributed by atoms with E-state index in [9.17, 15) is 9.59 Å². The number of carbonyl (C=O) groups is 2. The zero-order chi connectivity index (χ0) is 16.0. The first-order valence-corrected chi connectivity index (χ1v) is 7.04. The van der Waals surface area contributed by atoms with Crippen LogP contribution in [0, 0.1) is 5.41 Å². The molecule has 1 aliphatic rings. The predicted molar refractivity (Wildman–Crippen MR) is 80.2 cm³/mol. The molecule has 1 aromatic rings. The van der Waals surface area contributed by atoms with E-state index in [1.54, 1.807) is 17.3 Å². The molecular weight excluding hydrogens is 268 g/mol. The molecule has 0 fully saturated rings. The third-order valence-corrected chi connectivity index (χ3v) is 3.59. The quantitative estimate of drug-likeness (QED) is 0.784. The van der Waals surface area contributed by atoms with Crippen LogP contribution >= 0.6 is 0 Å². The molecule has 0 saturated heterocycles. The Hall–Kier alpha value is -1.91. The Morgan fingerprint density at radius 1 is 1.33 bits per heavy atom. The van der Waals surface area contributed by atoms with Gasteiger partial charge in [0.1, 0.15) is 5.69 Å². The first-order chi connectivity index (χ1) is 9.52. The third-order valence-electron chi connectivity index (χ3n) is 3.59. The van der Waals surface area contributed by atoms with Crippen LogP contribution in [-0.4, -0.2) is 23.3 Å². The van der Waals surface area contributed by atoms with E-state index in [4.69, 9.17) is 4.84 Å². The van der Waals surface area contributed by atoms with Crippen molar-refractivity contribution in [1.29, 1.82) is 0 Å². The summed E-state index contributed by atoms with van der Waals surface area (Å²) in [5.41, 5.74) is 1.34. The normalized spacial score (nSPS) is 16.6. The van der Waals surface area contributed by atoms with E-state index in [2.05, 4.69) is 18.8 Å². The largest absolute Gasteiger partial charge is 0.340 e. The van der Waals surface area contributed by atoms with Crippen molar-refractivity contribution in [2.45, 2.75) is 47.0 Å². The highest BCUT2D eigenvalue weighted by Gasteiger charge is 2.39. The van der Waals surface area contributed by atoms with Crippen molar-refractivity contribution in [1.82, 2.24) is 4.98 Å². The van der Waals surface area contributed by atoms with Crippen molar-refractivity contribution in [3.8, 4) is 0 Å². The molecule has 1 aromatic heterocycles. The van der Waals surface area contributed by atoms with Crippen LogP contribution in [0.25, 0.3) is 0 Å². The summed E-state index contributed by atoms with van der Waals surface area (Å²) in [6, 6.07) is 1.70. The van der Waals surface area contributed by atoms with E-state index in [0.717, 1.165) is 11.3 Å². The minimum Gasteiger partial charge on any atom is -0.340 e. The summed E-state index contributed by atoms with van der Waals surface area (Å²) in [5.74, 6) is -0.406. The van der Waals surface area contributed by atoms with Gasteiger partial charge in [0, 0.05) is 24.1 Å². The summed E-state index contributed by atoms with van der Waals surface area (Å²) in [7, 11) is 0. The number of hydroxylamine groups is 1. The highest BCUT2D eigenvalue weighted by Crippen LogP contribution is 2.40. The fraction of sp³-hybridized carbons (Fsp3) is 0.562. The van der Waals surface area contributed by atoms with Gasteiger partial charge in [0.2, 0.25) is 0 Å². The molecule has 5 nitrogen and oxygen atoms in total. The second-order valence-corrected chi connectivity index (χ2v) is 7.19. The highest BCUT2D eigenvalue weighted by molar-refractivity contribution is 5.93. The van der Waals surface area contributed by atoms with Gasteiger partial charge in [0.15, 0.2) is 5.78 Å². The maximum absolute atomic E-state index is 12.1. The molecular formula is C16H22N2O3. The molecule has 114 valence electrons. The average Bonchev–Trinajstić information content (AvgIpc) is 2.59. The Balaban J connectivity index is 2.39. The van der Waals surface area contributed by atoms with E-state index in [1.807, 2.05) is 20.8 Å². The number of rotatable bonds is 2. The number of Topliss-reactive ketones (excluding diaryl/α,β-unsaturated/α-hetero) is 1. The van der Waals surface area contributed by atoms with Crippen molar-refractivity contribution in [3.63, 3.8) is 0 Å². The first-order valence-electron chi connectivity index (χ1n) is 7.04. The van der Waals surface area contributed by atoms with Gasteiger partial charge in [-0.05, 0) is 26.8 Å². The fourth-order valence-corrected chi connectivity index (χ4v) is 2.21. The number of nitrogens with zero attached hydrogens (tertiary/aromatic N) is 2. The number of pyridine rings is 1. The van der Waals surface area contributed by atoms with Gasteiger partial charge < -0.3 is 4.84 Å². The third kappa shape index (κ3) is 2.91. The number of carbonyl (C=O) groups excluding carboxylic acids is 2. The van der Waals surface area contributed by atoms with E-state index in [1.165, 1.54) is 6.92 Å². The zero-order valence-corrected chi connectivity index (χ0v) is 13.5. The molecule has 0 N–H and O–H groups in total. The summed E-state index contributed by atoms with van der Waals surface area (Å²) in [6.45, 7) is 11.6. The van der Waals surface area contributed by atoms with E-state index >= 15 is 0 Å². The molecule has 5 heteroatoms. The SMILES string of the molecule is CC(=O)c1cc2c(cn1)C(C)(C)CN2OC(=O)C(C)(C)C. The van der Waals surface area contributed by atoms with Gasteiger partial charge in [-0.25, -0.2) is 9.86 Å². The average molecular weight is 290 g/mol. The number of hydrogen-bond donors (Lipinski definition) is 0. The summed E-state index contributed by atoms with van der Waals surface area (Å²) in [4.78, 5) is 33.3. The zero-order valence-electron chi connectivity index (χ0n) is 13.5. The summed E-state index contributed by atoms with van der Waals surface area (Å²) >= 11 is 0. The molecule has 0 bridgehead atoms. The van der Waals surface area contributed by atoms with Crippen LogP contribution in [0.1, 0.15) is 57.6 Å². The number of aromatic nitrogens is 1. The molecule has 0 radical (unpaired) electrons. The number of fused-ring (bicyclic) bond motifs is 1. The van der Waals surface area contributed by atoms with Gasteiger partial charge in [-0.1, -0.05) is 13.8 Å². The second-order valence-electron chi connectivity index (χ2n) is 7.19. The molecule has 0 spiro atoms. The molecule has 21 heavy (non-hydrogen) atoms. The maximum Gasteiger partial charge on any atom is 0.337 e. The van der Waals surface area contributed by atoms with Crippen molar-refractivity contribution < 1.29 is 14.4 Å². The van der Waals surface area contributed by atoms with Gasteiger partial charge in [-0.2, -0.15) is 0 Å². The second kappa shape index (κ2) is 4.83. The molecule has 2 heterocycles. The molecule has 2 rings (SSSR count). The molecule has 0 unspecified atom stereocenters. The number of ketones is 1. The predicted octanol–water partition coefficient (Wildman–Crippen LogP) is 2.89. The van der Waals surface area contributed by atoms with Crippen LogP contribution < -0.4 is 5.06 Å². The molecule has 0 aliphatic carbocycles. The highest BCUT2D eigenvalue weighted by atomic mass is 16.7. The Morgan fingerprint density at radius 3 is 2.48 bits per heavy atom. The van der Waals surface area contributed by atoms with Gasteiger partial charge in [0.25, 0.3) is 0 Å². The van der Waals surface area contributed by atoms with E-state index in [0.29, 0.717) is 12.2 Å². The smallest absolute Gasteiger partial charge is 0.337 e. The number of anilines is 1. The van der Waals surface area contributed by atoms with E-state index in [-0.39, 0.29) is 17.2 Å². The van der Waals surface area contributed by atoms with Crippen molar-refractivity contribution in [3.05, 3.63) is 23.5 Å². The van der Waals surface area contributed by atoms with Crippen molar-refractivity contribution in [2.24, 2.45) is 5.41 Å². The van der Waals surface area contributed by atoms with Gasteiger partial charge in [-0.3, -0.25) is 9.78 Å². The summed E-state index contributed by atoms with van der Waals surface area (Å²) in [6.07, 6.45) is 1.71. The molecule has 0 aromatic carbocycles. The van der Waals surface area contributed by atoms with Crippen LogP contribution in [-0.2, 0) is 15.0 Å². The lowest BCUT2D eigenvalue weighted by molar-refractivity contribution is -0.154. The van der Waals surface area contributed by atoms with Crippen LogP contribution in [0.5, 0.6) is 0 Å². The van der Waals surface area contributed by atoms with Crippen molar-refractivity contribution in [2.75, 3.05) is 11.6 Å². The monoisotopic (exact) mass is 290 g/mol. The Labute approximate surface area is 125 Å². The topological polar surface area (TPSA) is 59.5 Å². The molecule has 1 aliphatic heterocycles. The van der Waals surface area contributed by atoms with Crippen LogP contribution in [0.3, 0.4) is 0 Å². The lowest BCUT2D eigenvalue weighted by Crippen LogP contribution is -2.35. The lowest BCUT2D eigenvalue weighted by atomic mass is 9.88. The fourth-order valence-electron chi connectivity index (χ4n) is 2.21. The summed E-state index contributed by atoms with van der Waals surface area (Å²) in [5, 5.41) is 1.58. The molecule has 0 atom stereocenters. The molecule has 0 saturated carbocycles. The lowest BCUT2D eigenvalue weighted by Gasteiger charge is -2.25. The standard InChI is InChI=1S/C16H22N2O3/c1-10(19)12-7-13-11(8-17-12)16(5,6)9-18(13)21-14(20)15(2,3)4/h7-8H,9H2,1-6H3. The van der Waals surface area contributed by atoms with Crippen LogP contribution in [0.2, 0.25) is 0 Å². The minimum absolute atomic E-state index is 0.107. The summed E-state index contributed by atoms with van der Waals surface area (Å²) < 4.78 is 0. The first kappa shape index (κ1) is 15.5. The van der Waals surface area contributed by atoms with Crippen molar-refractivity contribution >= 4 is 17.4 Å². The number of hydrogen-bond acceptors (Lipinski definition) is 5. The van der Waals surface area contributed by atoms with Gasteiger partial charge >= 0.3 is 5.97 Å².